The van der Waals surface area contributed by atoms with E-state index in [2.05, 4.69) is 88.4 Å². The highest BCUT2D eigenvalue weighted by Crippen LogP contribution is 2.48. The summed E-state index contributed by atoms with van der Waals surface area (Å²) in [7, 11) is 0. The zero-order valence-corrected chi connectivity index (χ0v) is 21.6. The van der Waals surface area contributed by atoms with Gasteiger partial charge in [0.05, 0.1) is 0 Å². The normalized spacial score (nSPS) is 17.1. The number of piperidine rings is 1. The van der Waals surface area contributed by atoms with Crippen LogP contribution in [0.5, 0.6) is 0 Å². The number of carbonyl (C=O) groups is 1. The summed E-state index contributed by atoms with van der Waals surface area (Å²) in [5.74, 6) is 0.0897. The monoisotopic (exact) mass is 524 g/mol. The van der Waals surface area contributed by atoms with Crippen LogP contribution < -0.4 is 4.90 Å². The molecule has 0 N–H and O–H groups in total. The van der Waals surface area contributed by atoms with E-state index in [-0.39, 0.29) is 11.3 Å². The zero-order valence-electron chi connectivity index (χ0n) is 20.0. The predicted molar refractivity (Wildman–Crippen MR) is 147 cm³/mol. The summed E-state index contributed by atoms with van der Waals surface area (Å²) in [6.07, 6.45) is 2.14. The predicted octanol–water partition coefficient (Wildman–Crippen LogP) is 7.10. The van der Waals surface area contributed by atoms with E-state index in [9.17, 15) is 4.79 Å². The Balaban J connectivity index is 1.23. The molecule has 1 amide bonds. The van der Waals surface area contributed by atoms with Crippen LogP contribution in [0.25, 0.3) is 10.8 Å². The first-order chi connectivity index (χ1) is 17.0. The second-order valence-corrected chi connectivity index (χ2v) is 11.1. The van der Waals surface area contributed by atoms with E-state index >= 15 is 0 Å². The summed E-state index contributed by atoms with van der Waals surface area (Å²) in [6, 6.07) is 29.7. The molecule has 0 atom stereocenters. The molecule has 6 rings (SSSR count). The summed E-state index contributed by atoms with van der Waals surface area (Å²) < 4.78 is 0.934. The molecule has 0 bridgehead atoms. The van der Waals surface area contributed by atoms with Crippen molar-refractivity contribution in [3.63, 3.8) is 0 Å². The van der Waals surface area contributed by atoms with E-state index in [1.165, 1.54) is 27.5 Å². The maximum Gasteiger partial charge on any atom is 0.258 e. The van der Waals surface area contributed by atoms with Gasteiger partial charge in [-0.05, 0) is 85.1 Å². The molecule has 3 nitrogen and oxygen atoms in total. The van der Waals surface area contributed by atoms with Crippen LogP contribution in [0.2, 0.25) is 0 Å². The Morgan fingerprint density at radius 1 is 0.886 bits per heavy atom. The van der Waals surface area contributed by atoms with Crippen molar-refractivity contribution in [1.82, 2.24) is 4.90 Å². The van der Waals surface area contributed by atoms with Gasteiger partial charge in [-0.25, -0.2) is 0 Å². The van der Waals surface area contributed by atoms with E-state index in [1.807, 2.05) is 29.2 Å². The Labute approximate surface area is 215 Å². The molecule has 2 aliphatic heterocycles. The van der Waals surface area contributed by atoms with Crippen molar-refractivity contribution in [2.24, 2.45) is 0 Å². The Kier molecular flexibility index (Phi) is 5.74. The summed E-state index contributed by atoms with van der Waals surface area (Å²) in [5.41, 5.74) is 5.84. The molecule has 0 unspecified atom stereocenters. The van der Waals surface area contributed by atoms with Gasteiger partial charge in [-0.3, -0.25) is 9.69 Å². The molecule has 4 aromatic rings. The second-order valence-electron chi connectivity index (χ2n) is 10.2. The molecular weight excluding hydrogens is 496 g/mol. The number of benzene rings is 4. The highest BCUT2D eigenvalue weighted by molar-refractivity contribution is 9.10. The highest BCUT2D eigenvalue weighted by Gasteiger charge is 2.46. The average molecular weight is 525 g/mol. The summed E-state index contributed by atoms with van der Waals surface area (Å²) in [5, 5.41) is 2.60. The number of carbonyl (C=O) groups excluding carboxylic acids is 1. The largest absolute Gasteiger partial charge is 0.307 e. The van der Waals surface area contributed by atoms with Gasteiger partial charge in [-0.15, -0.1) is 0 Å². The van der Waals surface area contributed by atoms with Crippen LogP contribution >= 0.6 is 15.9 Å². The topological polar surface area (TPSA) is 23.6 Å². The van der Waals surface area contributed by atoms with Gasteiger partial charge < -0.3 is 4.90 Å². The van der Waals surface area contributed by atoms with Crippen LogP contribution in [0.4, 0.5) is 5.69 Å². The molecule has 35 heavy (non-hydrogen) atoms. The van der Waals surface area contributed by atoms with Crippen LogP contribution in [0.1, 0.15) is 39.9 Å². The van der Waals surface area contributed by atoms with Crippen molar-refractivity contribution in [2.45, 2.75) is 31.7 Å². The van der Waals surface area contributed by atoms with Gasteiger partial charge in [-0.2, -0.15) is 0 Å². The van der Waals surface area contributed by atoms with Crippen molar-refractivity contribution in [3.05, 3.63) is 112 Å². The van der Waals surface area contributed by atoms with Crippen molar-refractivity contribution in [1.29, 1.82) is 0 Å². The molecule has 4 heteroatoms. The minimum absolute atomic E-state index is 0.0307. The highest BCUT2D eigenvalue weighted by atomic mass is 79.9. The van der Waals surface area contributed by atoms with Crippen molar-refractivity contribution < 1.29 is 4.79 Å². The lowest BCUT2D eigenvalue weighted by Crippen LogP contribution is -2.45. The van der Waals surface area contributed by atoms with Gasteiger partial charge in [0.25, 0.3) is 5.91 Å². The summed E-state index contributed by atoms with van der Waals surface area (Å²) in [4.78, 5) is 18.2. The minimum atomic E-state index is 0.0307. The number of likely N-dealkylation sites (tertiary alicyclic amines) is 1. The van der Waals surface area contributed by atoms with E-state index in [0.29, 0.717) is 0 Å². The maximum absolute atomic E-state index is 13.6. The SMILES string of the molecule is Cc1ccc2c(c1)C1(CCN(Cc3ccc4ccccc4c3)CC1)CN2C(=O)c1cccc(Br)c1. The van der Waals surface area contributed by atoms with Crippen LogP contribution in [0.3, 0.4) is 0 Å². The number of hydrogen-bond donors (Lipinski definition) is 0. The number of fused-ring (bicyclic) bond motifs is 3. The van der Waals surface area contributed by atoms with E-state index in [1.54, 1.807) is 0 Å². The second kappa shape index (κ2) is 8.92. The van der Waals surface area contributed by atoms with E-state index in [4.69, 9.17) is 0 Å². The number of nitrogens with zero attached hydrogens (tertiary/aromatic N) is 2. The van der Waals surface area contributed by atoms with Crippen LogP contribution in [0.15, 0.2) is 89.4 Å². The standard InChI is InChI=1S/C31H29BrN2O/c1-22-9-12-29-28(17-22)31(21-34(29)30(35)26-7-4-8-27(32)19-26)13-15-33(16-14-31)20-23-10-11-24-5-2-3-6-25(24)18-23/h2-12,17-19H,13-16,20-21H2,1H3. The summed E-state index contributed by atoms with van der Waals surface area (Å²) in [6.45, 7) is 5.98. The fourth-order valence-electron chi connectivity index (χ4n) is 5.90. The fourth-order valence-corrected chi connectivity index (χ4v) is 6.30. The smallest absolute Gasteiger partial charge is 0.258 e. The van der Waals surface area contributed by atoms with Crippen molar-refractivity contribution >= 4 is 38.3 Å². The molecule has 2 aliphatic rings. The molecular formula is C31H29BrN2O. The van der Waals surface area contributed by atoms with Gasteiger partial charge in [-0.1, -0.05) is 76.1 Å². The molecule has 0 radical (unpaired) electrons. The van der Waals surface area contributed by atoms with Crippen LogP contribution in [0, 0.1) is 6.92 Å². The summed E-state index contributed by atoms with van der Waals surface area (Å²) >= 11 is 3.52. The molecule has 0 aromatic heterocycles. The van der Waals surface area contributed by atoms with Gasteiger partial charge in [0.15, 0.2) is 0 Å². The lowest BCUT2D eigenvalue weighted by molar-refractivity contribution is 0.0975. The Hall–Kier alpha value is -2.95. The molecule has 0 saturated carbocycles. The van der Waals surface area contributed by atoms with Crippen LogP contribution in [-0.2, 0) is 12.0 Å². The third-order valence-corrected chi connectivity index (χ3v) is 8.32. The number of rotatable bonds is 3. The number of amides is 1. The first kappa shape index (κ1) is 22.5. The molecule has 176 valence electrons. The molecule has 4 aromatic carbocycles. The third-order valence-electron chi connectivity index (χ3n) is 7.82. The van der Waals surface area contributed by atoms with E-state index in [0.717, 1.165) is 54.7 Å². The Morgan fingerprint density at radius 2 is 1.69 bits per heavy atom. The number of anilines is 1. The average Bonchev–Trinajstić information content (AvgIpc) is 3.18. The number of halogens is 1. The first-order valence-electron chi connectivity index (χ1n) is 12.4. The number of hydrogen-bond acceptors (Lipinski definition) is 2. The Morgan fingerprint density at radius 3 is 2.49 bits per heavy atom. The van der Waals surface area contributed by atoms with Crippen LogP contribution in [-0.4, -0.2) is 30.4 Å². The first-order valence-corrected chi connectivity index (χ1v) is 13.2. The number of aryl methyl sites for hydroxylation is 1. The van der Waals surface area contributed by atoms with Crippen molar-refractivity contribution in [3.8, 4) is 0 Å². The molecule has 2 heterocycles. The lowest BCUT2D eigenvalue weighted by atomic mass is 9.74. The maximum atomic E-state index is 13.6. The van der Waals surface area contributed by atoms with Gasteiger partial charge in [0.2, 0.25) is 0 Å². The molecule has 0 aliphatic carbocycles. The zero-order chi connectivity index (χ0) is 24.0. The quantitative estimate of drug-likeness (QED) is 0.285. The third kappa shape index (κ3) is 4.19. The van der Waals surface area contributed by atoms with Gasteiger partial charge >= 0.3 is 0 Å². The van der Waals surface area contributed by atoms with E-state index < -0.39 is 0 Å². The fraction of sp³-hybridized carbons (Fsp3) is 0.258. The van der Waals surface area contributed by atoms with Crippen molar-refractivity contribution in [2.75, 3.05) is 24.5 Å². The minimum Gasteiger partial charge on any atom is -0.307 e. The molecule has 1 spiro atoms. The van der Waals surface area contributed by atoms with Gasteiger partial charge in [0.1, 0.15) is 0 Å². The Bertz CT molecular complexity index is 1420. The van der Waals surface area contributed by atoms with Gasteiger partial charge in [0, 0.05) is 34.2 Å². The molecule has 1 fully saturated rings. The lowest BCUT2D eigenvalue weighted by Gasteiger charge is -2.40. The molecule has 1 saturated heterocycles.